The van der Waals surface area contributed by atoms with Crippen molar-refractivity contribution in [1.82, 2.24) is 29.6 Å². The lowest BCUT2D eigenvalue weighted by atomic mass is 9.86. The van der Waals surface area contributed by atoms with Gasteiger partial charge in [-0.1, -0.05) is 297 Å². The quantitative estimate of drug-likeness (QED) is 0.0371. The largest absolute Gasteiger partial charge is 0.462 e. The normalized spacial score (nSPS) is 11.7. The highest BCUT2D eigenvalue weighted by Gasteiger charge is 2.26. The van der Waals surface area contributed by atoms with Crippen molar-refractivity contribution in [2.45, 2.75) is 285 Å². The van der Waals surface area contributed by atoms with Gasteiger partial charge in [-0.05, 0) is 163 Å². The van der Waals surface area contributed by atoms with Gasteiger partial charge in [-0.2, -0.15) is 0 Å². The molecule has 0 aliphatic carbocycles. The molecule has 2 atom stereocenters. The number of carbonyl (C=O) groups is 8. The molecular weight excluding hydrogens is 1500 g/mol. The van der Waals surface area contributed by atoms with E-state index in [2.05, 4.69) is 206 Å². The summed E-state index contributed by atoms with van der Waals surface area (Å²) in [6.45, 7) is 116. The third-order valence-electron chi connectivity index (χ3n) is 15.8. The lowest BCUT2D eigenvalue weighted by molar-refractivity contribution is -0.147. The van der Waals surface area contributed by atoms with Gasteiger partial charge in [0.2, 0.25) is 23.6 Å². The summed E-state index contributed by atoms with van der Waals surface area (Å²) in [5.41, 5.74) is 5.49. The number of aromatic nitrogens is 2. The molecule has 0 fully saturated rings. The van der Waals surface area contributed by atoms with Crippen LogP contribution in [0, 0.1) is 43.3 Å². The lowest BCUT2D eigenvalue weighted by Crippen LogP contribution is -2.36. The fraction of sp³-hybridized carbons (Fsp3) is 0.588. The molecular formula is C102H174N6O12. The Balaban J connectivity index is -0.000000194. The summed E-state index contributed by atoms with van der Waals surface area (Å²) >= 11 is 0. The Kier molecular flexibility index (Phi) is 67.3. The molecule has 0 bridgehead atoms. The van der Waals surface area contributed by atoms with Crippen LogP contribution in [0.1, 0.15) is 285 Å². The number of hydrogen-bond acceptors (Lipinski definition) is 14. The minimum atomic E-state index is -0.354. The number of carbonyl (C=O) groups excluding carboxylic acids is 8. The molecule has 2 heterocycles. The molecule has 0 radical (unpaired) electrons. The van der Waals surface area contributed by atoms with Crippen LogP contribution in [-0.2, 0) is 68.1 Å². The Hall–Kier alpha value is -9.06. The molecule has 4 amide bonds. The van der Waals surface area contributed by atoms with Crippen molar-refractivity contribution in [3.63, 3.8) is 0 Å². The SMILES string of the molecule is C/C=C/C(=O)OC(C)C(C)(C)C.C/C=C/C(=O)OCC(C)(C)C.C=CC(=O)N(CC)CC(C)(C)C.C=CC(=O)N(CC)CCC(C)(C)C.C=CC(=O)OC(C)C(C)(C)C.C=CC(=O)OCC(C)(C)C.C=CCN(CC(C)(C)C)C(=O)C=C.C=CCN(CCC(C)(C)C)C(=O)C=C.C=Cc1cccc(C(C)(C)C)n1.C=Cc1ncccc1C(C)(C)C. The minimum absolute atomic E-state index is 0.00132. The lowest BCUT2D eigenvalue weighted by Gasteiger charge is -2.28. The molecule has 0 saturated heterocycles. The smallest absolute Gasteiger partial charge is 0.330 e. The van der Waals surface area contributed by atoms with Crippen LogP contribution in [0.3, 0.4) is 0 Å². The molecule has 2 aromatic rings. The first-order valence-electron chi connectivity index (χ1n) is 41.7. The highest BCUT2D eigenvalue weighted by atomic mass is 16.6. The molecule has 18 nitrogen and oxygen atoms in total. The van der Waals surface area contributed by atoms with E-state index >= 15 is 0 Å². The Labute approximate surface area is 734 Å². The maximum absolute atomic E-state index is 11.4. The topological polar surface area (TPSA) is 212 Å². The van der Waals surface area contributed by atoms with Crippen LogP contribution in [0.25, 0.3) is 12.2 Å². The summed E-state index contributed by atoms with van der Waals surface area (Å²) < 4.78 is 19.9. The highest BCUT2D eigenvalue weighted by molar-refractivity contribution is 5.88. The van der Waals surface area contributed by atoms with Crippen LogP contribution in [0.4, 0.5) is 0 Å². The number of rotatable bonds is 26. The highest BCUT2D eigenvalue weighted by Crippen LogP contribution is 2.27. The molecule has 2 aromatic heterocycles. The summed E-state index contributed by atoms with van der Waals surface area (Å²) in [6.07, 6.45) is 24.7. The van der Waals surface area contributed by atoms with E-state index < -0.39 is 0 Å². The van der Waals surface area contributed by atoms with Crippen LogP contribution in [-0.4, -0.2) is 155 Å². The van der Waals surface area contributed by atoms with Crippen LogP contribution in [0.5, 0.6) is 0 Å². The van der Waals surface area contributed by atoms with Gasteiger partial charge in [0, 0.05) is 94.0 Å². The number of allylic oxidation sites excluding steroid dienone is 2. The second-order valence-electron chi connectivity index (χ2n) is 39.8. The predicted octanol–water partition coefficient (Wildman–Crippen LogP) is 24.0. The Morgan fingerprint density at radius 2 is 0.758 bits per heavy atom. The molecule has 0 N–H and O–H groups in total. The number of pyridine rings is 2. The van der Waals surface area contributed by atoms with E-state index in [9.17, 15) is 38.4 Å². The summed E-state index contributed by atoms with van der Waals surface area (Å²) in [6, 6.07) is 10.1. The summed E-state index contributed by atoms with van der Waals surface area (Å²) in [7, 11) is 0. The van der Waals surface area contributed by atoms with Crippen molar-refractivity contribution in [2.24, 2.45) is 43.3 Å². The number of ether oxygens (including phenoxy) is 4. The van der Waals surface area contributed by atoms with Gasteiger partial charge in [-0.3, -0.25) is 29.1 Å². The third kappa shape index (κ3) is 80.0. The number of esters is 4. The van der Waals surface area contributed by atoms with Gasteiger partial charge in [0.1, 0.15) is 12.2 Å². The zero-order valence-electron chi connectivity index (χ0n) is 82.8. The molecule has 2 rings (SSSR count). The van der Waals surface area contributed by atoms with E-state index in [1.165, 1.54) is 54.2 Å². The Bertz CT molecular complexity index is 3430. The standard InChI is InChI=1S/C12H21NO.C11H21NO.C11H19NO.2C11H15N.C10H19NO.C10H18O2.2C9H16O2.C8H14O2/c1-6-9-13(11(14)7-2)10-8-12(3,4)5;1-6-10(13)12(7-2)9-8-11(3,4)5;1-6-8-12(10(13)7-2)9-11(3,4)5;1-5-10-9(11(2,3)4)7-6-8-12-10;1-5-9-7-6-8-10(12-9)11(2,3)4;1-6-9(12)11(7-2)8-10(3,4)5;1-6-7-9(11)12-8(2)10(3,4)5;1-6-8(10)11-7(2)9(3,4)5;1-5-6-8(10)11-7-9(2,3)4;1-5-7(9)10-6-8(2,3)4/h6-7H,1-2,8-10H2,3-5H3;6H,1,7-9H2,2-5H3;6-7H,1-2,8-9H2,3-5H3;2*5-8H,1H2,2-4H3;6H,1,7-8H2,2-5H3;6-8H,1-5H3;6-7H,1H2,2-5H3;5-6H,7H2,1-4H3;5H,1,6H2,2-4H3/b;;;;;;7-6+;;6-5+;. The minimum Gasteiger partial charge on any atom is -0.462 e. The molecule has 0 spiro atoms. The zero-order valence-corrected chi connectivity index (χ0v) is 82.8. The third-order valence-corrected chi connectivity index (χ3v) is 15.8. The van der Waals surface area contributed by atoms with Crippen LogP contribution in [0.15, 0.2) is 175 Å². The van der Waals surface area contributed by atoms with Gasteiger partial charge in [0.25, 0.3) is 0 Å². The van der Waals surface area contributed by atoms with Crippen molar-refractivity contribution in [2.75, 3.05) is 65.6 Å². The van der Waals surface area contributed by atoms with E-state index in [0.717, 1.165) is 69.2 Å². The van der Waals surface area contributed by atoms with Crippen molar-refractivity contribution in [3.8, 4) is 0 Å². The fourth-order valence-corrected chi connectivity index (χ4v) is 8.15. The second kappa shape index (κ2) is 63.9. The zero-order chi connectivity index (χ0) is 96.3. The molecule has 0 saturated carbocycles. The average molecular weight is 1680 g/mol. The molecule has 2 unspecified atom stereocenters. The number of likely N-dealkylation sites (N-methyl/N-ethyl adjacent to an activating group) is 2. The van der Waals surface area contributed by atoms with Gasteiger partial charge in [-0.25, -0.2) is 19.2 Å². The van der Waals surface area contributed by atoms with Gasteiger partial charge in [0.15, 0.2) is 0 Å². The molecule has 0 aliphatic heterocycles. The molecule has 684 valence electrons. The summed E-state index contributed by atoms with van der Waals surface area (Å²) in [5.74, 6) is -1.23. The fourth-order valence-electron chi connectivity index (χ4n) is 8.15. The second-order valence-corrected chi connectivity index (χ2v) is 39.8. The van der Waals surface area contributed by atoms with Crippen molar-refractivity contribution < 1.29 is 57.3 Å². The Morgan fingerprint density at radius 1 is 0.400 bits per heavy atom. The van der Waals surface area contributed by atoms with Gasteiger partial charge < -0.3 is 38.5 Å². The van der Waals surface area contributed by atoms with Crippen molar-refractivity contribution >= 4 is 59.7 Å². The Morgan fingerprint density at radius 3 is 1.07 bits per heavy atom. The molecule has 120 heavy (non-hydrogen) atoms. The first kappa shape index (κ1) is 127. The van der Waals surface area contributed by atoms with E-state index in [1.807, 2.05) is 140 Å². The van der Waals surface area contributed by atoms with E-state index in [-0.39, 0.29) is 114 Å². The maximum Gasteiger partial charge on any atom is 0.330 e. The van der Waals surface area contributed by atoms with Gasteiger partial charge in [0.05, 0.1) is 24.6 Å². The number of hydrogen-bond donors (Lipinski definition) is 0. The van der Waals surface area contributed by atoms with Crippen LogP contribution in [0.2, 0.25) is 0 Å². The summed E-state index contributed by atoms with van der Waals surface area (Å²) in [5, 5.41) is 0. The first-order valence-corrected chi connectivity index (χ1v) is 41.7. The van der Waals surface area contributed by atoms with Gasteiger partial charge in [-0.15, -0.1) is 13.2 Å². The van der Waals surface area contributed by atoms with Crippen molar-refractivity contribution in [3.05, 3.63) is 198 Å². The monoisotopic (exact) mass is 1680 g/mol. The van der Waals surface area contributed by atoms with Crippen LogP contribution >= 0.6 is 0 Å². The van der Waals surface area contributed by atoms with E-state index in [1.54, 1.807) is 71.2 Å². The first-order chi connectivity index (χ1) is 54.4. The average Bonchev–Trinajstić information content (AvgIpc) is 0.838. The number of nitrogens with zero attached hydrogens (tertiary/aromatic N) is 6. The predicted molar refractivity (Wildman–Crippen MR) is 513 cm³/mol. The van der Waals surface area contributed by atoms with E-state index in [4.69, 9.17) is 18.9 Å². The van der Waals surface area contributed by atoms with Gasteiger partial charge >= 0.3 is 23.9 Å². The molecule has 0 aliphatic rings. The molecule has 0 aromatic carbocycles. The molecule has 18 heteroatoms. The van der Waals surface area contributed by atoms with Crippen LogP contribution < -0.4 is 0 Å². The number of amides is 4. The summed E-state index contributed by atoms with van der Waals surface area (Å²) in [4.78, 5) is 104. The van der Waals surface area contributed by atoms with Crippen molar-refractivity contribution in [1.29, 1.82) is 0 Å². The maximum atomic E-state index is 11.4. The van der Waals surface area contributed by atoms with E-state index in [0.29, 0.717) is 26.3 Å².